The third kappa shape index (κ3) is 7.34. The first kappa shape index (κ1) is 23.1. The van der Waals surface area contributed by atoms with Crippen LogP contribution in [0.25, 0.3) is 0 Å². The van der Waals surface area contributed by atoms with Gasteiger partial charge in [-0.1, -0.05) is 64.4 Å². The van der Waals surface area contributed by atoms with Crippen molar-refractivity contribution < 1.29 is 19.7 Å². The van der Waals surface area contributed by atoms with E-state index in [1.165, 1.54) is 51.4 Å². The van der Waals surface area contributed by atoms with Crippen LogP contribution in [-0.4, -0.2) is 41.9 Å². The van der Waals surface area contributed by atoms with E-state index in [4.69, 9.17) is 9.84 Å². The molecule has 1 aliphatic carbocycles. The van der Waals surface area contributed by atoms with E-state index >= 15 is 0 Å². The molecule has 150 valence electrons. The fraction of sp³-hybridized carbons (Fsp3) is 0.773. The molecule has 26 heavy (non-hydrogen) atoms. The van der Waals surface area contributed by atoms with E-state index in [0.717, 1.165) is 24.7 Å². The van der Waals surface area contributed by atoms with Crippen molar-refractivity contribution in [2.75, 3.05) is 13.7 Å². The Bertz CT molecular complexity index is 467. The number of fused-ring (bicyclic) bond motifs is 1. The van der Waals surface area contributed by atoms with Crippen molar-refractivity contribution in [2.45, 2.75) is 90.3 Å². The Hall–Kier alpha value is -0.970. The monoisotopic (exact) mass is 366 g/mol. The number of Topliss-reactive ketones (excluding diaryl/α,β-unsaturated/α-hetero) is 1. The number of ether oxygens (including phenoxy) is 1. The van der Waals surface area contributed by atoms with Crippen LogP contribution in [0.15, 0.2) is 23.3 Å². The van der Waals surface area contributed by atoms with Crippen molar-refractivity contribution in [3.05, 3.63) is 23.3 Å². The minimum atomic E-state index is -0.0334. The van der Waals surface area contributed by atoms with E-state index in [0.29, 0.717) is 6.42 Å². The molecule has 2 N–H and O–H groups in total. The van der Waals surface area contributed by atoms with Gasteiger partial charge in [0.25, 0.3) is 0 Å². The summed E-state index contributed by atoms with van der Waals surface area (Å²) in [6.07, 6.45) is 16.1. The predicted octanol–water partition coefficient (Wildman–Crippen LogP) is 4.35. The molecule has 1 unspecified atom stereocenters. The Balaban J connectivity index is 0.00000163. The quantitative estimate of drug-likeness (QED) is 0.446. The summed E-state index contributed by atoms with van der Waals surface area (Å²) in [6, 6.07) is 0. The van der Waals surface area contributed by atoms with E-state index in [-0.39, 0.29) is 30.5 Å². The summed E-state index contributed by atoms with van der Waals surface area (Å²) in [5.41, 5.74) is 1.80. The summed E-state index contributed by atoms with van der Waals surface area (Å²) in [4.78, 5) is 11.9. The van der Waals surface area contributed by atoms with Crippen LogP contribution in [0.5, 0.6) is 0 Å². The van der Waals surface area contributed by atoms with Gasteiger partial charge in [-0.25, -0.2) is 0 Å². The Kier molecular flexibility index (Phi) is 11.7. The molecule has 4 heteroatoms. The van der Waals surface area contributed by atoms with Gasteiger partial charge >= 0.3 is 0 Å². The second-order valence-corrected chi connectivity index (χ2v) is 7.39. The summed E-state index contributed by atoms with van der Waals surface area (Å²) < 4.78 is 6.18. The first-order valence-electron chi connectivity index (χ1n) is 10.3. The largest absolute Gasteiger partial charge is 0.400 e. The summed E-state index contributed by atoms with van der Waals surface area (Å²) >= 11 is 0. The Labute approximate surface area is 159 Å². The first-order valence-corrected chi connectivity index (χ1v) is 10.3. The zero-order valence-corrected chi connectivity index (χ0v) is 16.9. The van der Waals surface area contributed by atoms with Crippen LogP contribution < -0.4 is 0 Å². The van der Waals surface area contributed by atoms with Crippen LogP contribution in [0, 0.1) is 5.92 Å². The number of rotatable bonds is 10. The zero-order chi connectivity index (χ0) is 19.4. The molecule has 4 nitrogen and oxygen atoms in total. The fourth-order valence-corrected chi connectivity index (χ4v) is 3.81. The molecular formula is C22H38O4. The van der Waals surface area contributed by atoms with Crippen LogP contribution in [0.3, 0.4) is 0 Å². The highest BCUT2D eigenvalue weighted by Gasteiger charge is 2.35. The van der Waals surface area contributed by atoms with Gasteiger partial charge < -0.3 is 14.9 Å². The van der Waals surface area contributed by atoms with Gasteiger partial charge in [0.2, 0.25) is 0 Å². The summed E-state index contributed by atoms with van der Waals surface area (Å²) in [5, 5.41) is 16.7. The molecule has 3 atom stereocenters. The minimum absolute atomic E-state index is 0.0334. The molecule has 0 radical (unpaired) electrons. The number of carbonyl (C=O) groups excluding carboxylic acids is 1. The average Bonchev–Trinajstić information content (AvgIpc) is 2.66. The highest BCUT2D eigenvalue weighted by Crippen LogP contribution is 2.35. The van der Waals surface area contributed by atoms with Gasteiger partial charge in [-0.15, -0.1) is 0 Å². The minimum Gasteiger partial charge on any atom is -0.400 e. The Morgan fingerprint density at radius 1 is 1.04 bits per heavy atom. The molecule has 1 aliphatic heterocycles. The van der Waals surface area contributed by atoms with Crippen molar-refractivity contribution in [3.8, 4) is 0 Å². The number of allylic oxidation sites excluding steroid dienone is 1. The normalized spacial score (nSPS) is 25.0. The number of aliphatic hydroxyl groups is 2. The molecule has 0 aromatic heterocycles. The second kappa shape index (κ2) is 13.2. The van der Waals surface area contributed by atoms with Crippen LogP contribution in [-0.2, 0) is 9.53 Å². The number of unbranched alkanes of at least 4 members (excludes halogenated alkanes) is 7. The van der Waals surface area contributed by atoms with Gasteiger partial charge in [0.1, 0.15) is 0 Å². The van der Waals surface area contributed by atoms with Crippen molar-refractivity contribution >= 4 is 5.78 Å². The predicted molar refractivity (Wildman–Crippen MR) is 106 cm³/mol. The first-order chi connectivity index (χ1) is 12.7. The molecule has 0 bridgehead atoms. The molecule has 1 heterocycles. The van der Waals surface area contributed by atoms with Crippen LogP contribution in [0.1, 0.15) is 78.1 Å². The number of carbonyl (C=O) groups is 1. The van der Waals surface area contributed by atoms with Gasteiger partial charge in [-0.05, 0) is 30.6 Å². The van der Waals surface area contributed by atoms with Crippen molar-refractivity contribution in [2.24, 2.45) is 5.92 Å². The van der Waals surface area contributed by atoms with Crippen LogP contribution in [0.2, 0.25) is 0 Å². The average molecular weight is 367 g/mol. The lowest BCUT2D eigenvalue weighted by molar-refractivity contribution is -0.119. The maximum Gasteiger partial charge on any atom is 0.159 e. The highest BCUT2D eigenvalue weighted by molar-refractivity contribution is 5.96. The topological polar surface area (TPSA) is 66.8 Å². The third-order valence-corrected chi connectivity index (χ3v) is 5.39. The lowest BCUT2D eigenvalue weighted by Gasteiger charge is -2.37. The van der Waals surface area contributed by atoms with Gasteiger partial charge in [0.15, 0.2) is 5.78 Å². The number of hydrogen-bond acceptors (Lipinski definition) is 4. The number of ketones is 1. The van der Waals surface area contributed by atoms with E-state index in [1.807, 2.05) is 13.0 Å². The standard InChI is InChI=1S/C21H34O3.CH4O/c1-3-4-5-6-7-8-9-10-11-18-13-17(15-22)19-14-20(23)16(2)12-21(19)24-18;1-2/h12-13,18-19,21-22H,3-11,14-15H2,1-2H3;2H,1H3/t18?,19-,21-;/m1./s1. The van der Waals surface area contributed by atoms with Crippen LogP contribution in [0.4, 0.5) is 0 Å². The van der Waals surface area contributed by atoms with Crippen molar-refractivity contribution in [1.82, 2.24) is 0 Å². The number of hydrogen-bond donors (Lipinski definition) is 2. The molecule has 0 aromatic rings. The molecule has 0 fully saturated rings. The Morgan fingerprint density at radius 3 is 2.27 bits per heavy atom. The molecule has 0 spiro atoms. The maximum atomic E-state index is 11.9. The summed E-state index contributed by atoms with van der Waals surface area (Å²) in [6.45, 7) is 4.16. The van der Waals surface area contributed by atoms with Crippen molar-refractivity contribution in [3.63, 3.8) is 0 Å². The van der Waals surface area contributed by atoms with E-state index in [2.05, 4.69) is 13.0 Å². The van der Waals surface area contributed by atoms with E-state index in [1.54, 1.807) is 0 Å². The second-order valence-electron chi connectivity index (χ2n) is 7.39. The SMILES string of the molecule is CCCCCCCCCCC1C=C(CO)[C@H]2CC(=O)C(C)=C[C@H]2O1.CO. The van der Waals surface area contributed by atoms with Gasteiger partial charge in [0.05, 0.1) is 18.8 Å². The molecule has 0 saturated heterocycles. The number of aliphatic hydroxyl groups excluding tert-OH is 2. The van der Waals surface area contributed by atoms with E-state index < -0.39 is 0 Å². The summed E-state index contributed by atoms with van der Waals surface area (Å²) in [5.74, 6) is 0.224. The van der Waals surface area contributed by atoms with Gasteiger partial charge in [0, 0.05) is 19.4 Å². The maximum absolute atomic E-state index is 11.9. The molecule has 0 saturated carbocycles. The Morgan fingerprint density at radius 2 is 1.65 bits per heavy atom. The summed E-state index contributed by atoms with van der Waals surface area (Å²) in [7, 11) is 1.00. The molecule has 2 rings (SSSR count). The molecular weight excluding hydrogens is 328 g/mol. The molecule has 0 aromatic carbocycles. The lowest BCUT2D eigenvalue weighted by atomic mass is 9.79. The fourth-order valence-electron chi connectivity index (χ4n) is 3.81. The zero-order valence-electron chi connectivity index (χ0n) is 16.9. The molecule has 2 aliphatic rings. The van der Waals surface area contributed by atoms with Gasteiger partial charge in [-0.2, -0.15) is 0 Å². The van der Waals surface area contributed by atoms with Crippen LogP contribution >= 0.6 is 0 Å². The van der Waals surface area contributed by atoms with Gasteiger partial charge in [-0.3, -0.25) is 4.79 Å². The molecule has 0 amide bonds. The highest BCUT2D eigenvalue weighted by atomic mass is 16.5. The van der Waals surface area contributed by atoms with E-state index in [9.17, 15) is 9.90 Å². The van der Waals surface area contributed by atoms with Crippen molar-refractivity contribution in [1.29, 1.82) is 0 Å². The smallest absolute Gasteiger partial charge is 0.159 e. The third-order valence-electron chi connectivity index (χ3n) is 5.39. The lowest BCUT2D eigenvalue weighted by Crippen LogP contribution is -2.38.